The Morgan fingerprint density at radius 2 is 1.93 bits per heavy atom. The molecule has 5 nitrogen and oxygen atoms in total. The summed E-state index contributed by atoms with van der Waals surface area (Å²) in [4.78, 5) is 17.2. The second-order valence-electron chi connectivity index (χ2n) is 7.17. The van der Waals surface area contributed by atoms with Gasteiger partial charge in [0, 0.05) is 17.1 Å². The number of hydrogen-bond acceptors (Lipinski definition) is 3. The topological polar surface area (TPSA) is 56.1 Å². The molecule has 0 spiro atoms. The van der Waals surface area contributed by atoms with Crippen LogP contribution in [0.5, 0.6) is 5.75 Å². The molecule has 0 saturated heterocycles. The lowest BCUT2D eigenvalue weighted by Gasteiger charge is -2.15. The summed E-state index contributed by atoms with van der Waals surface area (Å²) in [7, 11) is 1.63. The SMILES string of the molecule is COc1cccc(C(C)NC(=O)c2ccc3c(c2)ncn3Cc2ccc(Cl)cc2)c1. The second kappa shape index (κ2) is 8.59. The Morgan fingerprint density at radius 1 is 1.13 bits per heavy atom. The Morgan fingerprint density at radius 3 is 2.70 bits per heavy atom. The van der Waals surface area contributed by atoms with Crippen LogP contribution in [0.4, 0.5) is 0 Å². The first kappa shape index (κ1) is 20.0. The lowest BCUT2D eigenvalue weighted by atomic mass is 10.1. The fourth-order valence-electron chi connectivity index (χ4n) is 3.39. The van der Waals surface area contributed by atoms with Gasteiger partial charge in [0.15, 0.2) is 0 Å². The Labute approximate surface area is 180 Å². The number of ether oxygens (including phenoxy) is 1. The number of rotatable bonds is 6. The highest BCUT2D eigenvalue weighted by atomic mass is 35.5. The molecule has 1 atom stereocenters. The lowest BCUT2D eigenvalue weighted by molar-refractivity contribution is 0.0940. The quantitative estimate of drug-likeness (QED) is 0.465. The third-order valence-corrected chi connectivity index (χ3v) is 5.34. The van der Waals surface area contributed by atoms with Crippen LogP contribution in [0.1, 0.15) is 34.5 Å². The van der Waals surface area contributed by atoms with E-state index in [0.717, 1.165) is 27.9 Å². The standard InChI is InChI=1S/C24H22ClN3O2/c1-16(18-4-3-5-21(12-18)30-2)27-24(29)19-8-11-23-22(13-19)26-15-28(23)14-17-6-9-20(25)10-7-17/h3-13,15-16H,14H2,1-2H3,(H,27,29). The lowest BCUT2D eigenvalue weighted by Crippen LogP contribution is -2.26. The molecule has 0 saturated carbocycles. The highest BCUT2D eigenvalue weighted by Gasteiger charge is 2.14. The van der Waals surface area contributed by atoms with Crippen molar-refractivity contribution in [3.8, 4) is 5.75 Å². The van der Waals surface area contributed by atoms with Crippen molar-refractivity contribution in [1.29, 1.82) is 0 Å². The maximum Gasteiger partial charge on any atom is 0.251 e. The van der Waals surface area contributed by atoms with E-state index in [1.807, 2.05) is 73.7 Å². The van der Waals surface area contributed by atoms with E-state index in [2.05, 4.69) is 14.9 Å². The predicted molar refractivity (Wildman–Crippen MR) is 119 cm³/mol. The number of methoxy groups -OCH3 is 1. The molecular weight excluding hydrogens is 398 g/mol. The van der Waals surface area contributed by atoms with Crippen molar-refractivity contribution in [3.05, 3.63) is 94.8 Å². The zero-order valence-corrected chi connectivity index (χ0v) is 17.6. The summed E-state index contributed by atoms with van der Waals surface area (Å²) in [6, 6.07) is 20.9. The first-order chi connectivity index (χ1) is 14.5. The van der Waals surface area contributed by atoms with Gasteiger partial charge in [-0.3, -0.25) is 4.79 Å². The minimum Gasteiger partial charge on any atom is -0.497 e. The van der Waals surface area contributed by atoms with E-state index in [-0.39, 0.29) is 11.9 Å². The number of carbonyl (C=O) groups is 1. The minimum absolute atomic E-state index is 0.139. The van der Waals surface area contributed by atoms with E-state index in [9.17, 15) is 4.79 Å². The van der Waals surface area contributed by atoms with Gasteiger partial charge in [-0.25, -0.2) is 4.98 Å². The van der Waals surface area contributed by atoms with Crippen molar-refractivity contribution in [2.75, 3.05) is 7.11 Å². The van der Waals surface area contributed by atoms with E-state index in [0.29, 0.717) is 17.1 Å². The molecule has 0 fully saturated rings. The summed E-state index contributed by atoms with van der Waals surface area (Å²) >= 11 is 5.96. The Kier molecular flexibility index (Phi) is 5.72. The maximum atomic E-state index is 12.8. The normalized spacial score (nSPS) is 12.0. The van der Waals surface area contributed by atoms with E-state index < -0.39 is 0 Å². The number of nitrogens with one attached hydrogen (secondary N) is 1. The molecular formula is C24H22ClN3O2. The van der Waals surface area contributed by atoms with Gasteiger partial charge in [-0.2, -0.15) is 0 Å². The highest BCUT2D eigenvalue weighted by Crippen LogP contribution is 2.21. The molecule has 0 aliphatic heterocycles. The van der Waals surface area contributed by atoms with Crippen LogP contribution >= 0.6 is 11.6 Å². The van der Waals surface area contributed by atoms with Gasteiger partial charge in [0.1, 0.15) is 5.75 Å². The van der Waals surface area contributed by atoms with E-state index in [4.69, 9.17) is 16.3 Å². The number of amides is 1. The summed E-state index contributed by atoms with van der Waals surface area (Å²) in [5.41, 5.74) is 4.45. The summed E-state index contributed by atoms with van der Waals surface area (Å²) in [5.74, 6) is 0.626. The number of aromatic nitrogens is 2. The molecule has 3 aromatic carbocycles. The number of fused-ring (bicyclic) bond motifs is 1. The van der Waals surface area contributed by atoms with Crippen LogP contribution in [0.25, 0.3) is 11.0 Å². The molecule has 1 heterocycles. The van der Waals surface area contributed by atoms with Crippen molar-refractivity contribution >= 4 is 28.5 Å². The smallest absolute Gasteiger partial charge is 0.251 e. The number of nitrogens with zero attached hydrogens (tertiary/aromatic N) is 2. The molecule has 152 valence electrons. The number of hydrogen-bond donors (Lipinski definition) is 1. The van der Waals surface area contributed by atoms with Gasteiger partial charge in [-0.05, 0) is 60.5 Å². The third kappa shape index (κ3) is 4.31. The molecule has 4 rings (SSSR count). The third-order valence-electron chi connectivity index (χ3n) is 5.09. The highest BCUT2D eigenvalue weighted by molar-refractivity contribution is 6.30. The van der Waals surface area contributed by atoms with Crippen LogP contribution in [0.2, 0.25) is 5.02 Å². The predicted octanol–water partition coefficient (Wildman–Crippen LogP) is 5.24. The Bertz CT molecular complexity index is 1180. The average Bonchev–Trinajstić information content (AvgIpc) is 3.17. The van der Waals surface area contributed by atoms with Crippen LogP contribution in [0.15, 0.2) is 73.1 Å². The van der Waals surface area contributed by atoms with Gasteiger partial charge in [0.2, 0.25) is 0 Å². The van der Waals surface area contributed by atoms with E-state index in [1.54, 1.807) is 13.4 Å². The van der Waals surface area contributed by atoms with Crippen molar-refractivity contribution < 1.29 is 9.53 Å². The molecule has 0 radical (unpaired) electrons. The van der Waals surface area contributed by atoms with Crippen molar-refractivity contribution in [3.63, 3.8) is 0 Å². The van der Waals surface area contributed by atoms with E-state index in [1.165, 1.54) is 0 Å². The van der Waals surface area contributed by atoms with Gasteiger partial charge in [-0.1, -0.05) is 35.9 Å². The zero-order valence-electron chi connectivity index (χ0n) is 16.8. The Balaban J connectivity index is 1.50. The van der Waals surface area contributed by atoms with Gasteiger partial charge >= 0.3 is 0 Å². The summed E-state index contributed by atoms with van der Waals surface area (Å²) < 4.78 is 7.32. The molecule has 30 heavy (non-hydrogen) atoms. The molecule has 0 aliphatic carbocycles. The fraction of sp³-hybridized carbons (Fsp3) is 0.167. The molecule has 1 unspecified atom stereocenters. The van der Waals surface area contributed by atoms with Gasteiger partial charge in [0.25, 0.3) is 5.91 Å². The van der Waals surface area contributed by atoms with Gasteiger partial charge in [-0.15, -0.1) is 0 Å². The monoisotopic (exact) mass is 419 g/mol. The molecule has 6 heteroatoms. The second-order valence-corrected chi connectivity index (χ2v) is 7.61. The number of benzene rings is 3. The number of imidazole rings is 1. The molecule has 0 bridgehead atoms. The summed E-state index contributed by atoms with van der Waals surface area (Å²) in [6.07, 6.45) is 1.79. The first-order valence-electron chi connectivity index (χ1n) is 9.67. The Hall–Kier alpha value is -3.31. The zero-order chi connectivity index (χ0) is 21.1. The summed E-state index contributed by atoms with van der Waals surface area (Å²) in [5, 5.41) is 3.75. The van der Waals surface area contributed by atoms with Crippen LogP contribution in [0.3, 0.4) is 0 Å². The summed E-state index contributed by atoms with van der Waals surface area (Å²) in [6.45, 7) is 2.64. The van der Waals surface area contributed by atoms with Crippen LogP contribution < -0.4 is 10.1 Å². The number of halogens is 1. The molecule has 1 aromatic heterocycles. The maximum absolute atomic E-state index is 12.8. The fourth-order valence-corrected chi connectivity index (χ4v) is 3.52. The van der Waals surface area contributed by atoms with Crippen molar-refractivity contribution in [1.82, 2.24) is 14.9 Å². The van der Waals surface area contributed by atoms with Gasteiger partial charge < -0.3 is 14.6 Å². The molecule has 0 aliphatic rings. The van der Waals surface area contributed by atoms with Crippen LogP contribution in [-0.4, -0.2) is 22.6 Å². The van der Waals surface area contributed by atoms with Crippen LogP contribution in [-0.2, 0) is 6.54 Å². The largest absolute Gasteiger partial charge is 0.497 e. The average molecular weight is 420 g/mol. The van der Waals surface area contributed by atoms with Gasteiger partial charge in [0.05, 0.1) is 30.5 Å². The van der Waals surface area contributed by atoms with Crippen molar-refractivity contribution in [2.45, 2.75) is 19.5 Å². The van der Waals surface area contributed by atoms with E-state index >= 15 is 0 Å². The number of carbonyl (C=O) groups excluding carboxylic acids is 1. The van der Waals surface area contributed by atoms with Crippen molar-refractivity contribution in [2.24, 2.45) is 0 Å². The first-order valence-corrected chi connectivity index (χ1v) is 10.1. The minimum atomic E-state index is -0.147. The van der Waals surface area contributed by atoms with Crippen LogP contribution in [0, 0.1) is 0 Å². The molecule has 1 amide bonds. The molecule has 1 N–H and O–H groups in total. The molecule has 4 aromatic rings.